The summed E-state index contributed by atoms with van der Waals surface area (Å²) in [5, 5.41) is 0. The minimum atomic E-state index is -2.55. The van der Waals surface area contributed by atoms with E-state index in [2.05, 4.69) is 0 Å². The number of halogens is 2. The fraction of sp³-hybridized carbons (Fsp3) is 0.933. The molecule has 2 aliphatic heterocycles. The van der Waals surface area contributed by atoms with Gasteiger partial charge in [-0.2, -0.15) is 0 Å². The van der Waals surface area contributed by atoms with Crippen molar-refractivity contribution in [3.63, 3.8) is 0 Å². The molecule has 0 aromatic carbocycles. The van der Waals surface area contributed by atoms with Crippen LogP contribution in [0.3, 0.4) is 0 Å². The van der Waals surface area contributed by atoms with Crippen molar-refractivity contribution in [2.45, 2.75) is 77.0 Å². The van der Waals surface area contributed by atoms with Crippen molar-refractivity contribution in [1.29, 1.82) is 0 Å². The van der Waals surface area contributed by atoms with Crippen molar-refractivity contribution in [2.24, 2.45) is 11.3 Å². The summed E-state index contributed by atoms with van der Waals surface area (Å²) in [5.74, 6) is -3.09. The lowest BCUT2D eigenvalue weighted by Gasteiger charge is -2.40. The molecule has 0 radical (unpaired) electrons. The summed E-state index contributed by atoms with van der Waals surface area (Å²) in [6.45, 7) is 7.13. The Labute approximate surface area is 118 Å². The number of hydrogen-bond acceptors (Lipinski definition) is 2. The number of ether oxygens (including phenoxy) is 1. The van der Waals surface area contributed by atoms with E-state index < -0.39 is 22.9 Å². The Balaban J connectivity index is 1.75. The third-order valence-corrected chi connectivity index (χ3v) is 5.38. The molecular weight excluding hydrogens is 264 g/mol. The monoisotopic (exact) mass is 287 g/mol. The largest absolute Gasteiger partial charge is 0.444 e. The summed E-state index contributed by atoms with van der Waals surface area (Å²) < 4.78 is 33.2. The highest BCUT2D eigenvalue weighted by atomic mass is 19.3. The van der Waals surface area contributed by atoms with Gasteiger partial charge >= 0.3 is 6.09 Å². The molecular formula is C15H23F2NO2. The van der Waals surface area contributed by atoms with E-state index in [1.165, 1.54) is 0 Å². The average Bonchev–Trinajstić information content (AvgIpc) is 2.57. The fourth-order valence-corrected chi connectivity index (χ4v) is 4.23. The minimum Gasteiger partial charge on any atom is -0.444 e. The molecule has 2 saturated heterocycles. The van der Waals surface area contributed by atoms with Crippen LogP contribution in [0.2, 0.25) is 0 Å². The number of alkyl halides is 2. The summed E-state index contributed by atoms with van der Waals surface area (Å²) >= 11 is 0. The lowest BCUT2D eigenvalue weighted by Crippen LogP contribution is -2.50. The number of fused-ring (bicyclic) bond motifs is 2. The zero-order chi connectivity index (χ0) is 14.9. The second-order valence-corrected chi connectivity index (χ2v) is 7.68. The molecule has 1 saturated carbocycles. The first kappa shape index (κ1) is 14.1. The Hall–Kier alpha value is -0.870. The van der Waals surface area contributed by atoms with Crippen molar-refractivity contribution in [2.75, 3.05) is 0 Å². The summed E-state index contributed by atoms with van der Waals surface area (Å²) in [6, 6.07) is -0.140. The molecule has 3 aliphatic rings. The van der Waals surface area contributed by atoms with Crippen LogP contribution in [0.4, 0.5) is 13.6 Å². The van der Waals surface area contributed by atoms with Crippen LogP contribution in [0.25, 0.3) is 0 Å². The first-order valence-corrected chi connectivity index (χ1v) is 7.48. The van der Waals surface area contributed by atoms with Crippen molar-refractivity contribution in [3.05, 3.63) is 0 Å². The molecule has 3 unspecified atom stereocenters. The van der Waals surface area contributed by atoms with Gasteiger partial charge in [-0.05, 0) is 46.5 Å². The van der Waals surface area contributed by atoms with Crippen LogP contribution in [-0.2, 0) is 4.74 Å². The third kappa shape index (κ3) is 1.77. The molecule has 114 valence electrons. The molecule has 3 atom stereocenters. The fourth-order valence-electron chi connectivity index (χ4n) is 4.23. The Kier molecular flexibility index (Phi) is 2.72. The van der Waals surface area contributed by atoms with Gasteiger partial charge in [0.05, 0.1) is 0 Å². The first-order chi connectivity index (χ1) is 9.08. The van der Waals surface area contributed by atoms with Crippen molar-refractivity contribution < 1.29 is 18.3 Å². The normalized spacial score (nSPS) is 41.9. The van der Waals surface area contributed by atoms with Gasteiger partial charge in [0.15, 0.2) is 0 Å². The van der Waals surface area contributed by atoms with E-state index in [0.717, 1.165) is 12.8 Å². The molecule has 1 aliphatic carbocycles. The van der Waals surface area contributed by atoms with Gasteiger partial charge in [-0.15, -0.1) is 0 Å². The van der Waals surface area contributed by atoms with Crippen LogP contribution in [0.1, 0.15) is 53.4 Å². The van der Waals surface area contributed by atoms with Gasteiger partial charge < -0.3 is 9.64 Å². The third-order valence-electron chi connectivity index (χ3n) is 5.38. The molecule has 2 bridgehead atoms. The van der Waals surface area contributed by atoms with Crippen LogP contribution >= 0.6 is 0 Å². The smallest absolute Gasteiger partial charge is 0.410 e. The molecule has 1 spiro atoms. The quantitative estimate of drug-likeness (QED) is 0.678. The predicted octanol–water partition coefficient (Wildman–Crippen LogP) is 3.82. The van der Waals surface area contributed by atoms with E-state index in [4.69, 9.17) is 4.74 Å². The van der Waals surface area contributed by atoms with Gasteiger partial charge in [0, 0.05) is 23.4 Å². The predicted molar refractivity (Wildman–Crippen MR) is 70.7 cm³/mol. The number of nitrogens with zero attached hydrogens (tertiary/aromatic N) is 1. The first-order valence-electron chi connectivity index (χ1n) is 7.48. The number of rotatable bonds is 0. The number of amides is 1. The lowest BCUT2D eigenvalue weighted by atomic mass is 9.85. The van der Waals surface area contributed by atoms with E-state index in [9.17, 15) is 13.6 Å². The number of carbonyl (C=O) groups is 1. The Bertz CT molecular complexity index is 430. The second-order valence-electron chi connectivity index (χ2n) is 7.68. The number of hydrogen-bond donors (Lipinski definition) is 0. The lowest BCUT2D eigenvalue weighted by molar-refractivity contribution is -0.0203. The molecule has 0 aromatic rings. The molecule has 5 heteroatoms. The van der Waals surface area contributed by atoms with Crippen LogP contribution in [0, 0.1) is 11.3 Å². The highest BCUT2D eigenvalue weighted by Gasteiger charge is 2.80. The Morgan fingerprint density at radius 2 is 1.65 bits per heavy atom. The molecule has 20 heavy (non-hydrogen) atoms. The molecule has 3 nitrogen and oxygen atoms in total. The van der Waals surface area contributed by atoms with Gasteiger partial charge in [-0.1, -0.05) is 6.92 Å². The molecule has 0 N–H and O–H groups in total. The van der Waals surface area contributed by atoms with Gasteiger partial charge in [0.1, 0.15) is 5.60 Å². The van der Waals surface area contributed by atoms with E-state index >= 15 is 0 Å². The zero-order valence-electron chi connectivity index (χ0n) is 12.6. The van der Waals surface area contributed by atoms with E-state index in [-0.39, 0.29) is 18.2 Å². The van der Waals surface area contributed by atoms with Gasteiger partial charge in [-0.3, -0.25) is 0 Å². The van der Waals surface area contributed by atoms with Gasteiger partial charge in [-0.25, -0.2) is 13.6 Å². The summed E-state index contributed by atoms with van der Waals surface area (Å²) in [6.07, 6.45) is 2.17. The van der Waals surface area contributed by atoms with E-state index in [1.807, 2.05) is 20.8 Å². The number of piperidine rings is 1. The molecule has 1 amide bonds. The van der Waals surface area contributed by atoms with Crippen molar-refractivity contribution in [1.82, 2.24) is 4.90 Å². The standard InChI is InChI=1S/C15H23F2NO2/c1-9-14(15(9,16)17)7-10-5-6-11(8-14)18(10)12(19)20-13(2,3)4/h9-11H,5-8H2,1-4H3. The van der Waals surface area contributed by atoms with Crippen LogP contribution in [-0.4, -0.2) is 34.6 Å². The summed E-state index contributed by atoms with van der Waals surface area (Å²) in [7, 11) is 0. The number of carbonyl (C=O) groups excluding carboxylic acids is 1. The van der Waals surface area contributed by atoms with E-state index in [1.54, 1.807) is 11.8 Å². The highest BCUT2D eigenvalue weighted by Crippen LogP contribution is 2.73. The van der Waals surface area contributed by atoms with Crippen molar-refractivity contribution >= 4 is 6.09 Å². The maximum absolute atomic E-state index is 13.9. The maximum atomic E-state index is 13.9. The van der Waals surface area contributed by atoms with Crippen LogP contribution in [0.15, 0.2) is 0 Å². The second kappa shape index (κ2) is 3.86. The average molecular weight is 287 g/mol. The van der Waals surface area contributed by atoms with E-state index in [0.29, 0.717) is 12.8 Å². The topological polar surface area (TPSA) is 29.5 Å². The Morgan fingerprint density at radius 1 is 1.20 bits per heavy atom. The van der Waals surface area contributed by atoms with Gasteiger partial charge in [0.2, 0.25) is 0 Å². The maximum Gasteiger partial charge on any atom is 0.410 e. The Morgan fingerprint density at radius 3 is 2.00 bits per heavy atom. The molecule has 3 fully saturated rings. The molecule has 0 aromatic heterocycles. The molecule has 2 heterocycles. The SMILES string of the molecule is CC1C(F)(F)C12CC1CCC(C2)N1C(=O)OC(C)(C)C. The van der Waals surface area contributed by atoms with Crippen LogP contribution in [0.5, 0.6) is 0 Å². The minimum absolute atomic E-state index is 0.0700. The summed E-state index contributed by atoms with van der Waals surface area (Å²) in [4.78, 5) is 14.0. The summed E-state index contributed by atoms with van der Waals surface area (Å²) in [5.41, 5.74) is -1.39. The van der Waals surface area contributed by atoms with Crippen molar-refractivity contribution in [3.8, 4) is 0 Å². The highest BCUT2D eigenvalue weighted by molar-refractivity contribution is 5.70. The molecule has 3 rings (SSSR count). The zero-order valence-corrected chi connectivity index (χ0v) is 12.6. The van der Waals surface area contributed by atoms with Crippen LogP contribution < -0.4 is 0 Å². The van der Waals surface area contributed by atoms with Gasteiger partial charge in [0.25, 0.3) is 5.92 Å².